The van der Waals surface area contributed by atoms with Gasteiger partial charge in [0.1, 0.15) is 21.9 Å². The first kappa shape index (κ1) is 20.3. The van der Waals surface area contributed by atoms with Gasteiger partial charge in [0.2, 0.25) is 0 Å². The predicted octanol–water partition coefficient (Wildman–Crippen LogP) is 3.05. The number of aryl methyl sites for hydroxylation is 3. The highest BCUT2D eigenvalue weighted by molar-refractivity contribution is 7.13. The Labute approximate surface area is 187 Å². The summed E-state index contributed by atoms with van der Waals surface area (Å²) >= 11 is 1.25. The third kappa shape index (κ3) is 3.73. The first-order valence-electron chi connectivity index (χ1n) is 10.3. The van der Waals surface area contributed by atoms with E-state index in [-0.39, 0.29) is 17.5 Å². The van der Waals surface area contributed by atoms with Crippen molar-refractivity contribution in [3.05, 3.63) is 63.6 Å². The highest BCUT2D eigenvalue weighted by Gasteiger charge is 2.21. The Kier molecular flexibility index (Phi) is 5.14. The minimum atomic E-state index is -0.393. The van der Waals surface area contributed by atoms with E-state index in [0.717, 1.165) is 24.9 Å². The van der Waals surface area contributed by atoms with Crippen molar-refractivity contribution >= 4 is 39.9 Å². The molecule has 3 aromatic heterocycles. The maximum absolute atomic E-state index is 12.8. The number of carbonyl (C=O) groups is 2. The number of nitrogens with one attached hydrogen (secondary N) is 2. The summed E-state index contributed by atoms with van der Waals surface area (Å²) in [5.41, 5.74) is 4.28. The van der Waals surface area contributed by atoms with E-state index in [9.17, 15) is 9.59 Å². The number of benzene rings is 1. The highest BCUT2D eigenvalue weighted by Crippen LogP contribution is 2.26. The Morgan fingerprint density at radius 2 is 1.94 bits per heavy atom. The molecule has 0 fully saturated rings. The van der Waals surface area contributed by atoms with Crippen LogP contribution in [0.1, 0.15) is 55.7 Å². The van der Waals surface area contributed by atoms with Crippen LogP contribution in [0.15, 0.2) is 36.9 Å². The van der Waals surface area contributed by atoms with Gasteiger partial charge >= 0.3 is 0 Å². The van der Waals surface area contributed by atoms with Gasteiger partial charge < -0.3 is 10.6 Å². The number of hydrogen-bond donors (Lipinski definition) is 2. The van der Waals surface area contributed by atoms with Gasteiger partial charge in [-0.1, -0.05) is 6.07 Å². The first-order valence-corrected chi connectivity index (χ1v) is 11.1. The number of carbonyl (C=O) groups excluding carboxylic acids is 2. The van der Waals surface area contributed by atoms with E-state index >= 15 is 0 Å². The van der Waals surface area contributed by atoms with Crippen molar-refractivity contribution in [2.75, 3.05) is 5.32 Å². The van der Waals surface area contributed by atoms with Gasteiger partial charge in [0, 0.05) is 12.7 Å². The third-order valence-corrected chi connectivity index (χ3v) is 6.75. The van der Waals surface area contributed by atoms with E-state index in [1.54, 1.807) is 17.9 Å². The van der Waals surface area contributed by atoms with Crippen LogP contribution in [0.5, 0.6) is 0 Å². The third-order valence-electron chi connectivity index (χ3n) is 5.57. The summed E-state index contributed by atoms with van der Waals surface area (Å²) in [5.74, 6) is -0.560. The molecule has 0 saturated carbocycles. The molecular formula is C22H21N7O2S. The molecule has 162 valence electrons. The Balaban J connectivity index is 1.27. The van der Waals surface area contributed by atoms with Gasteiger partial charge in [-0.15, -0.1) is 11.3 Å². The second-order valence-corrected chi connectivity index (χ2v) is 8.84. The van der Waals surface area contributed by atoms with Gasteiger partial charge in [-0.3, -0.25) is 14.3 Å². The summed E-state index contributed by atoms with van der Waals surface area (Å²) < 4.78 is 1.59. The molecule has 0 bridgehead atoms. The maximum atomic E-state index is 12.8. The zero-order valence-electron chi connectivity index (χ0n) is 17.6. The van der Waals surface area contributed by atoms with Crippen molar-refractivity contribution in [1.82, 2.24) is 30.0 Å². The van der Waals surface area contributed by atoms with Gasteiger partial charge in [-0.05, 0) is 49.4 Å². The van der Waals surface area contributed by atoms with Gasteiger partial charge in [-0.2, -0.15) is 5.10 Å². The Bertz CT molecular complexity index is 1340. The minimum Gasteiger partial charge on any atom is -0.342 e. The van der Waals surface area contributed by atoms with Crippen molar-refractivity contribution in [1.29, 1.82) is 0 Å². The van der Waals surface area contributed by atoms with Crippen LogP contribution in [-0.4, -0.2) is 36.5 Å². The van der Waals surface area contributed by atoms with Crippen molar-refractivity contribution in [2.45, 2.75) is 32.2 Å². The van der Waals surface area contributed by atoms with Crippen LogP contribution in [0.3, 0.4) is 0 Å². The van der Waals surface area contributed by atoms with Crippen LogP contribution in [-0.2, 0) is 19.9 Å². The lowest BCUT2D eigenvalue weighted by molar-refractivity contribution is 0.0936. The average molecular weight is 448 g/mol. The zero-order valence-corrected chi connectivity index (χ0v) is 18.4. The summed E-state index contributed by atoms with van der Waals surface area (Å²) in [6, 6.07) is 5.68. The van der Waals surface area contributed by atoms with Crippen molar-refractivity contribution in [2.24, 2.45) is 7.05 Å². The van der Waals surface area contributed by atoms with Gasteiger partial charge in [-0.25, -0.2) is 15.0 Å². The molecule has 2 N–H and O–H groups in total. The average Bonchev–Trinajstić information content (AvgIpc) is 3.53. The second kappa shape index (κ2) is 8.12. The monoisotopic (exact) mass is 447 g/mol. The van der Waals surface area contributed by atoms with Crippen molar-refractivity contribution < 1.29 is 9.59 Å². The quantitative estimate of drug-likeness (QED) is 0.486. The van der Waals surface area contributed by atoms with Crippen LogP contribution in [0.2, 0.25) is 0 Å². The predicted molar refractivity (Wildman–Crippen MR) is 121 cm³/mol. The summed E-state index contributed by atoms with van der Waals surface area (Å²) in [6.45, 7) is 1.82. The normalized spacial score (nSPS) is 13.7. The lowest BCUT2D eigenvalue weighted by atomic mass is 10.1. The molecule has 9 nitrogen and oxygen atoms in total. The fraction of sp³-hybridized carbons (Fsp3) is 0.273. The van der Waals surface area contributed by atoms with Gasteiger partial charge in [0.15, 0.2) is 5.65 Å². The van der Waals surface area contributed by atoms with Gasteiger partial charge in [0.05, 0.1) is 23.8 Å². The molecule has 5 rings (SSSR count). The number of aromatic nitrogens is 5. The van der Waals surface area contributed by atoms with Crippen LogP contribution >= 0.6 is 11.3 Å². The lowest BCUT2D eigenvalue weighted by Crippen LogP contribution is -2.27. The van der Waals surface area contributed by atoms with Crippen molar-refractivity contribution in [3.8, 4) is 0 Å². The highest BCUT2D eigenvalue weighted by atomic mass is 32.1. The van der Waals surface area contributed by atoms with E-state index < -0.39 is 6.04 Å². The SMILES string of the molecule is CC(NC(=O)c1ncnc2c1cnn2C)c1ncc(C(=O)Nc2ccc3c(c2)CCC3)s1. The molecule has 0 saturated heterocycles. The number of nitrogens with zero attached hydrogens (tertiary/aromatic N) is 5. The number of thiazole rings is 1. The summed E-state index contributed by atoms with van der Waals surface area (Å²) in [7, 11) is 1.75. The molecule has 10 heteroatoms. The summed E-state index contributed by atoms with van der Waals surface area (Å²) in [4.78, 5) is 38.6. The topological polar surface area (TPSA) is 115 Å². The van der Waals surface area contributed by atoms with E-state index in [1.165, 1.54) is 35.0 Å². The molecule has 1 aliphatic carbocycles. The number of fused-ring (bicyclic) bond motifs is 2. The number of anilines is 1. The largest absolute Gasteiger partial charge is 0.342 e. The van der Waals surface area contributed by atoms with E-state index in [4.69, 9.17) is 0 Å². The molecule has 1 atom stereocenters. The van der Waals surface area contributed by atoms with Gasteiger partial charge in [0.25, 0.3) is 11.8 Å². The Morgan fingerprint density at radius 1 is 1.09 bits per heavy atom. The van der Waals surface area contributed by atoms with Crippen LogP contribution in [0.4, 0.5) is 5.69 Å². The molecule has 1 unspecified atom stereocenters. The maximum Gasteiger partial charge on any atom is 0.271 e. The molecule has 4 aromatic rings. The molecule has 0 aliphatic heterocycles. The molecule has 3 heterocycles. The molecule has 2 amide bonds. The molecule has 0 radical (unpaired) electrons. The summed E-state index contributed by atoms with van der Waals surface area (Å²) in [6.07, 6.45) is 7.77. The standard InChI is InChI=1S/C22H21N7O2S/c1-12(27-21(31)18-16-9-26-29(2)19(16)25-11-24-18)22-23-10-17(32-22)20(30)28-15-7-6-13-4-3-5-14(13)8-15/h6-12H,3-5H2,1-2H3,(H,27,31)(H,28,30). The van der Waals surface area contributed by atoms with Crippen molar-refractivity contribution in [3.63, 3.8) is 0 Å². The molecule has 1 aliphatic rings. The summed E-state index contributed by atoms with van der Waals surface area (Å²) in [5, 5.41) is 11.2. The van der Waals surface area contributed by atoms with Crippen LogP contribution in [0, 0.1) is 0 Å². The zero-order chi connectivity index (χ0) is 22.2. The van der Waals surface area contributed by atoms with E-state index in [2.05, 4.69) is 36.8 Å². The van der Waals surface area contributed by atoms with Crippen LogP contribution in [0.25, 0.3) is 11.0 Å². The van der Waals surface area contributed by atoms with Crippen LogP contribution < -0.4 is 10.6 Å². The second-order valence-electron chi connectivity index (χ2n) is 7.78. The number of rotatable bonds is 5. The molecule has 0 spiro atoms. The smallest absolute Gasteiger partial charge is 0.271 e. The van der Waals surface area contributed by atoms with E-state index in [0.29, 0.717) is 20.9 Å². The Hall–Kier alpha value is -3.66. The van der Waals surface area contributed by atoms with E-state index in [1.807, 2.05) is 19.1 Å². The Morgan fingerprint density at radius 3 is 2.81 bits per heavy atom. The molecule has 32 heavy (non-hydrogen) atoms. The fourth-order valence-corrected chi connectivity index (χ4v) is 4.72. The molecule has 1 aromatic carbocycles. The minimum absolute atomic E-state index is 0.210. The number of amides is 2. The number of hydrogen-bond acceptors (Lipinski definition) is 7. The molecular weight excluding hydrogens is 426 g/mol. The lowest BCUT2D eigenvalue weighted by Gasteiger charge is -2.11. The first-order chi connectivity index (χ1) is 15.5. The fourth-order valence-electron chi connectivity index (χ4n) is 3.90.